The first-order chi connectivity index (χ1) is 13.5. The normalized spacial score (nSPS) is 11.6. The van der Waals surface area contributed by atoms with Crippen LogP contribution in [0.15, 0.2) is 57.9 Å². The average Bonchev–Trinajstić information content (AvgIpc) is 3.10. The zero-order chi connectivity index (χ0) is 20.1. The number of hydrogen-bond acceptors (Lipinski definition) is 6. The molecular weight excluding hydrogens is 374 g/mol. The molecule has 3 aromatic rings. The van der Waals surface area contributed by atoms with E-state index in [0.717, 1.165) is 5.56 Å². The molecule has 1 amide bonds. The van der Waals surface area contributed by atoms with E-state index in [-0.39, 0.29) is 11.3 Å². The van der Waals surface area contributed by atoms with Gasteiger partial charge in [-0.25, -0.2) is 4.68 Å². The van der Waals surface area contributed by atoms with Gasteiger partial charge in [-0.2, -0.15) is 10.4 Å². The molecule has 0 unspecified atom stereocenters. The molecule has 140 valence electrons. The Hall–Kier alpha value is -3.70. The third kappa shape index (κ3) is 4.00. The van der Waals surface area contributed by atoms with E-state index in [1.807, 2.05) is 12.3 Å². The third-order valence-electron chi connectivity index (χ3n) is 3.90. The summed E-state index contributed by atoms with van der Waals surface area (Å²) >= 11 is 1.42. The van der Waals surface area contributed by atoms with Gasteiger partial charge in [-0.05, 0) is 42.8 Å². The van der Waals surface area contributed by atoms with Gasteiger partial charge in [0.25, 0.3) is 5.91 Å². The van der Waals surface area contributed by atoms with E-state index in [9.17, 15) is 9.90 Å². The van der Waals surface area contributed by atoms with Crippen LogP contribution < -0.4 is 10.5 Å². The van der Waals surface area contributed by atoms with Gasteiger partial charge in [0, 0.05) is 17.5 Å². The molecule has 0 fully saturated rings. The molecule has 3 rings (SSSR count). The fourth-order valence-corrected chi connectivity index (χ4v) is 3.42. The van der Waals surface area contributed by atoms with Gasteiger partial charge in [-0.1, -0.05) is 12.1 Å². The van der Waals surface area contributed by atoms with Gasteiger partial charge in [0.1, 0.15) is 5.75 Å². The van der Waals surface area contributed by atoms with Gasteiger partial charge >= 0.3 is 0 Å². The van der Waals surface area contributed by atoms with E-state index in [2.05, 4.69) is 16.2 Å². The highest BCUT2D eigenvalue weighted by Gasteiger charge is 2.13. The van der Waals surface area contributed by atoms with E-state index in [0.29, 0.717) is 28.2 Å². The molecule has 0 saturated heterocycles. The average molecular weight is 391 g/mol. The Kier molecular flexibility index (Phi) is 5.67. The number of aromatic nitrogens is 1. The van der Waals surface area contributed by atoms with Gasteiger partial charge in [0.05, 0.1) is 29.1 Å². The smallest absolute Gasteiger partial charge is 0.252 e. The maximum absolute atomic E-state index is 11.5. The first-order valence-electron chi connectivity index (χ1n) is 8.42. The van der Waals surface area contributed by atoms with Crippen molar-refractivity contribution in [3.8, 4) is 23.1 Å². The predicted molar refractivity (Wildman–Crippen MR) is 108 cm³/mol. The second kappa shape index (κ2) is 8.33. The van der Waals surface area contributed by atoms with E-state index in [1.54, 1.807) is 41.2 Å². The van der Waals surface area contributed by atoms with E-state index >= 15 is 0 Å². The number of carbonyl (C=O) groups excluding carboxylic acids is 1. The minimum absolute atomic E-state index is 0.0419. The lowest BCUT2D eigenvalue weighted by Gasteiger charge is -2.06. The minimum atomic E-state index is -0.708. The summed E-state index contributed by atoms with van der Waals surface area (Å²) in [6.45, 7) is 2.52. The first-order valence-corrected chi connectivity index (χ1v) is 9.30. The molecule has 1 heterocycles. The number of phenols is 1. The maximum atomic E-state index is 11.5. The zero-order valence-corrected chi connectivity index (χ0v) is 15.8. The van der Waals surface area contributed by atoms with Crippen molar-refractivity contribution in [1.29, 1.82) is 5.26 Å². The van der Waals surface area contributed by atoms with Crippen LogP contribution in [-0.4, -0.2) is 28.4 Å². The van der Waals surface area contributed by atoms with Crippen LogP contribution >= 0.6 is 11.3 Å². The molecule has 0 aliphatic carbocycles. The molecule has 0 radical (unpaired) electrons. The molecule has 0 atom stereocenters. The highest BCUT2D eigenvalue weighted by atomic mass is 32.1. The quantitative estimate of drug-likeness (QED) is 0.651. The molecule has 28 heavy (non-hydrogen) atoms. The summed E-state index contributed by atoms with van der Waals surface area (Å²) in [7, 11) is 0. The lowest BCUT2D eigenvalue weighted by molar-refractivity contribution is 0.0998. The molecule has 1 aromatic heterocycles. The number of hydrogen-bond donors (Lipinski definition) is 2. The Morgan fingerprint density at radius 2 is 2.07 bits per heavy atom. The van der Waals surface area contributed by atoms with E-state index in [1.165, 1.54) is 23.5 Å². The summed E-state index contributed by atoms with van der Waals surface area (Å²) in [5.74, 6) is -0.877. The van der Waals surface area contributed by atoms with Crippen molar-refractivity contribution < 1.29 is 9.90 Å². The van der Waals surface area contributed by atoms with Crippen molar-refractivity contribution in [3.63, 3.8) is 0 Å². The topological polar surface area (TPSA) is 117 Å². The molecule has 2 aromatic carbocycles. The summed E-state index contributed by atoms with van der Waals surface area (Å²) in [6, 6.07) is 13.8. The SMILES string of the molecule is CCN=c1scc(-c2ccc(O)c(C(N)=O)c2)n1/N=C\c1ccc(C#N)cc1. The summed E-state index contributed by atoms with van der Waals surface area (Å²) < 4.78 is 1.67. The number of thiazole rings is 1. The number of benzene rings is 2. The molecule has 0 aliphatic heterocycles. The monoisotopic (exact) mass is 391 g/mol. The molecule has 0 saturated carbocycles. The number of nitriles is 1. The van der Waals surface area contributed by atoms with Crippen LogP contribution in [0.5, 0.6) is 5.75 Å². The van der Waals surface area contributed by atoms with Gasteiger partial charge < -0.3 is 10.8 Å². The molecule has 0 aliphatic rings. The summed E-state index contributed by atoms with van der Waals surface area (Å²) in [5, 5.41) is 25.1. The predicted octanol–water partition coefficient (Wildman–Crippen LogP) is 2.70. The van der Waals surface area contributed by atoms with Crippen LogP contribution in [0.3, 0.4) is 0 Å². The fourth-order valence-electron chi connectivity index (χ4n) is 2.51. The number of nitrogens with zero attached hydrogens (tertiary/aromatic N) is 4. The van der Waals surface area contributed by atoms with Crippen molar-refractivity contribution in [2.75, 3.05) is 6.54 Å². The van der Waals surface area contributed by atoms with Crippen molar-refractivity contribution in [2.24, 2.45) is 15.8 Å². The number of carbonyl (C=O) groups is 1. The van der Waals surface area contributed by atoms with E-state index in [4.69, 9.17) is 11.0 Å². The van der Waals surface area contributed by atoms with Gasteiger partial charge in [-0.15, -0.1) is 11.3 Å². The molecule has 0 spiro atoms. The van der Waals surface area contributed by atoms with Crippen LogP contribution in [-0.2, 0) is 0 Å². The van der Waals surface area contributed by atoms with Crippen LogP contribution in [0, 0.1) is 11.3 Å². The highest BCUT2D eigenvalue weighted by molar-refractivity contribution is 7.07. The lowest BCUT2D eigenvalue weighted by atomic mass is 10.1. The van der Waals surface area contributed by atoms with Gasteiger partial charge in [0.15, 0.2) is 0 Å². The van der Waals surface area contributed by atoms with Crippen molar-refractivity contribution in [2.45, 2.75) is 6.92 Å². The Morgan fingerprint density at radius 1 is 1.32 bits per heavy atom. The first kappa shape index (κ1) is 19.1. The minimum Gasteiger partial charge on any atom is -0.507 e. The summed E-state index contributed by atoms with van der Waals surface area (Å²) in [4.78, 5) is 16.7. The summed E-state index contributed by atoms with van der Waals surface area (Å²) in [5.41, 5.74) is 8.17. The second-order valence-corrected chi connectivity index (χ2v) is 6.60. The number of amides is 1. The number of aromatic hydroxyl groups is 1. The van der Waals surface area contributed by atoms with Crippen LogP contribution in [0.25, 0.3) is 11.3 Å². The highest BCUT2D eigenvalue weighted by Crippen LogP contribution is 2.26. The van der Waals surface area contributed by atoms with Crippen LogP contribution in [0.4, 0.5) is 0 Å². The molecular formula is C20H17N5O2S. The third-order valence-corrected chi connectivity index (χ3v) is 4.75. The van der Waals surface area contributed by atoms with Crippen LogP contribution in [0.2, 0.25) is 0 Å². The Morgan fingerprint density at radius 3 is 2.71 bits per heavy atom. The Balaban J connectivity index is 2.08. The van der Waals surface area contributed by atoms with Gasteiger partial charge in [-0.3, -0.25) is 9.79 Å². The van der Waals surface area contributed by atoms with Crippen molar-refractivity contribution in [3.05, 3.63) is 69.3 Å². The number of primary amides is 1. The Bertz CT molecular complexity index is 1150. The maximum Gasteiger partial charge on any atom is 0.252 e. The summed E-state index contributed by atoms with van der Waals surface area (Å²) in [6.07, 6.45) is 1.67. The number of rotatable bonds is 5. The molecule has 7 nitrogen and oxygen atoms in total. The fraction of sp³-hybridized carbons (Fsp3) is 0.100. The van der Waals surface area contributed by atoms with Crippen LogP contribution in [0.1, 0.15) is 28.4 Å². The molecule has 8 heteroatoms. The molecule has 3 N–H and O–H groups in total. The molecule has 0 bridgehead atoms. The lowest BCUT2D eigenvalue weighted by Crippen LogP contribution is -2.13. The second-order valence-electron chi connectivity index (χ2n) is 5.76. The van der Waals surface area contributed by atoms with Crippen molar-refractivity contribution >= 4 is 23.5 Å². The van der Waals surface area contributed by atoms with E-state index < -0.39 is 5.91 Å². The zero-order valence-electron chi connectivity index (χ0n) is 15.0. The van der Waals surface area contributed by atoms with Crippen molar-refractivity contribution in [1.82, 2.24) is 4.68 Å². The number of nitrogens with two attached hydrogens (primary N) is 1. The standard InChI is InChI=1S/C20H17N5O2S/c1-2-23-20-25(24-11-14-5-3-13(10-21)4-6-14)17(12-28-20)15-7-8-18(26)16(9-15)19(22)27/h3-9,11-12,26H,2H2,1H3,(H2,22,27)/b23-20?,24-11-. The van der Waals surface area contributed by atoms with Gasteiger partial charge in [0.2, 0.25) is 4.80 Å². The Labute approximate surface area is 165 Å². The largest absolute Gasteiger partial charge is 0.507 e.